The fourth-order valence-electron chi connectivity index (χ4n) is 2.69. The Kier molecular flexibility index (Phi) is 4.82. The van der Waals surface area contributed by atoms with Gasteiger partial charge in [-0.2, -0.15) is 4.98 Å². The van der Waals surface area contributed by atoms with Crippen molar-refractivity contribution < 1.29 is 4.79 Å². The second-order valence-electron chi connectivity index (χ2n) is 5.46. The van der Waals surface area contributed by atoms with Crippen LogP contribution in [0.4, 0.5) is 5.95 Å². The van der Waals surface area contributed by atoms with E-state index in [1.807, 2.05) is 18.2 Å². The van der Waals surface area contributed by atoms with Gasteiger partial charge in [0.25, 0.3) is 0 Å². The lowest BCUT2D eigenvalue weighted by molar-refractivity contribution is -0.115. The topological polar surface area (TPSA) is 85.8 Å². The predicted molar refractivity (Wildman–Crippen MR) is 96.1 cm³/mol. The zero-order valence-corrected chi connectivity index (χ0v) is 15.0. The maximum atomic E-state index is 12.1. The van der Waals surface area contributed by atoms with E-state index in [9.17, 15) is 4.79 Å². The van der Waals surface area contributed by atoms with E-state index in [-0.39, 0.29) is 0 Å². The lowest BCUT2D eigenvalue weighted by atomic mass is 9.95. The molecule has 0 spiro atoms. The van der Waals surface area contributed by atoms with Gasteiger partial charge in [0, 0.05) is 22.0 Å². The molecule has 0 radical (unpaired) electrons. The Bertz CT molecular complexity index is 817. The first-order valence-corrected chi connectivity index (χ1v) is 9.00. The highest BCUT2D eigenvalue weighted by Gasteiger charge is 2.34. The third-order valence-electron chi connectivity index (χ3n) is 3.73. The molecule has 0 saturated heterocycles. The Morgan fingerprint density at radius 3 is 2.88 bits per heavy atom. The molecule has 0 aliphatic carbocycles. The second kappa shape index (κ2) is 6.86. The van der Waals surface area contributed by atoms with E-state index in [2.05, 4.69) is 22.3 Å². The molecule has 1 amide bonds. The maximum Gasteiger partial charge on any atom is 0.248 e. The number of benzene rings is 1. The van der Waals surface area contributed by atoms with Crippen molar-refractivity contribution in [1.82, 2.24) is 14.8 Å². The number of thioether (sulfide) groups is 1. The predicted octanol–water partition coefficient (Wildman–Crippen LogP) is 3.21. The molecular formula is C16H18ClN5OS. The van der Waals surface area contributed by atoms with Crippen molar-refractivity contribution >= 4 is 35.2 Å². The number of hydrogen-bond donors (Lipinski definition) is 2. The minimum absolute atomic E-state index is 0.438. The number of allylic oxidation sites excluding steroid dienone is 1. The smallest absolute Gasteiger partial charge is 0.248 e. The first-order chi connectivity index (χ1) is 11.5. The van der Waals surface area contributed by atoms with Crippen LogP contribution in [0.5, 0.6) is 0 Å². The molecule has 2 heterocycles. The van der Waals surface area contributed by atoms with Gasteiger partial charge in [-0.15, -0.1) is 5.10 Å². The van der Waals surface area contributed by atoms with Crippen molar-refractivity contribution in [2.24, 2.45) is 5.73 Å². The van der Waals surface area contributed by atoms with Crippen LogP contribution in [-0.2, 0) is 4.79 Å². The monoisotopic (exact) mass is 363 g/mol. The van der Waals surface area contributed by atoms with Gasteiger partial charge in [0.05, 0.1) is 5.57 Å². The number of anilines is 1. The largest absolute Gasteiger partial charge is 0.366 e. The fraction of sp³-hybridized carbons (Fsp3) is 0.312. The van der Waals surface area contributed by atoms with Crippen LogP contribution in [0.15, 0.2) is 40.7 Å². The second-order valence-corrected chi connectivity index (χ2v) is 6.93. The summed E-state index contributed by atoms with van der Waals surface area (Å²) in [7, 11) is 0. The van der Waals surface area contributed by atoms with Crippen molar-refractivity contribution in [3.63, 3.8) is 0 Å². The van der Waals surface area contributed by atoms with E-state index < -0.39 is 11.9 Å². The van der Waals surface area contributed by atoms with E-state index in [4.69, 9.17) is 17.3 Å². The first-order valence-electron chi connectivity index (χ1n) is 7.64. The van der Waals surface area contributed by atoms with Crippen LogP contribution in [0.25, 0.3) is 0 Å². The standard InChI is InChI=1S/C16H18ClN5OS/c1-3-8-24-16-20-15-19-9(2)12(14(18)23)13(22(15)21-16)10-6-4-5-7-11(10)17/h4-7,13H,3,8H2,1-2H3,(H2,18,23)(H,19,20,21). The van der Waals surface area contributed by atoms with Crippen LogP contribution in [0.2, 0.25) is 5.02 Å². The number of hydrogen-bond acceptors (Lipinski definition) is 5. The number of primary amides is 1. The highest BCUT2D eigenvalue weighted by atomic mass is 35.5. The Labute approximate surface area is 149 Å². The number of carbonyl (C=O) groups excluding carboxylic acids is 1. The van der Waals surface area contributed by atoms with Crippen molar-refractivity contribution in [3.05, 3.63) is 46.1 Å². The van der Waals surface area contributed by atoms with Gasteiger partial charge in [0.15, 0.2) is 0 Å². The average molecular weight is 364 g/mol. The van der Waals surface area contributed by atoms with Gasteiger partial charge >= 0.3 is 0 Å². The SMILES string of the molecule is CCCSc1nc2n(n1)C(c1ccccc1Cl)C(C(N)=O)=C(C)N2. The minimum atomic E-state index is -0.506. The third-order valence-corrected chi connectivity index (χ3v) is 5.12. The molecule has 1 aliphatic heterocycles. The average Bonchev–Trinajstić information content (AvgIpc) is 2.94. The molecule has 0 bridgehead atoms. The van der Waals surface area contributed by atoms with Gasteiger partial charge in [-0.25, -0.2) is 4.68 Å². The Morgan fingerprint density at radius 1 is 1.46 bits per heavy atom. The van der Waals surface area contributed by atoms with Crippen LogP contribution in [0.3, 0.4) is 0 Å². The molecule has 1 aromatic carbocycles. The molecule has 1 unspecified atom stereocenters. The molecule has 1 aromatic heterocycles. The molecule has 1 atom stereocenters. The summed E-state index contributed by atoms with van der Waals surface area (Å²) in [6.07, 6.45) is 1.03. The maximum absolute atomic E-state index is 12.1. The molecule has 1 aliphatic rings. The molecule has 24 heavy (non-hydrogen) atoms. The zero-order chi connectivity index (χ0) is 17.3. The van der Waals surface area contributed by atoms with Crippen molar-refractivity contribution in [2.75, 3.05) is 11.1 Å². The summed E-state index contributed by atoms with van der Waals surface area (Å²) >= 11 is 7.95. The summed E-state index contributed by atoms with van der Waals surface area (Å²) < 4.78 is 1.69. The number of halogens is 1. The number of carbonyl (C=O) groups is 1. The lowest BCUT2D eigenvalue weighted by Gasteiger charge is -2.28. The summed E-state index contributed by atoms with van der Waals surface area (Å²) in [6.45, 7) is 3.91. The lowest BCUT2D eigenvalue weighted by Crippen LogP contribution is -2.32. The van der Waals surface area contributed by atoms with Gasteiger partial charge < -0.3 is 11.1 Å². The molecule has 3 N–H and O–H groups in total. The number of fused-ring (bicyclic) bond motifs is 1. The quantitative estimate of drug-likeness (QED) is 0.796. The molecule has 8 heteroatoms. The van der Waals surface area contributed by atoms with E-state index in [1.54, 1.807) is 29.4 Å². The Morgan fingerprint density at radius 2 is 2.21 bits per heavy atom. The summed E-state index contributed by atoms with van der Waals surface area (Å²) in [5, 5.41) is 8.90. The van der Waals surface area contributed by atoms with Crippen LogP contribution in [0, 0.1) is 0 Å². The van der Waals surface area contributed by atoms with Gasteiger partial charge in [-0.3, -0.25) is 4.79 Å². The number of nitrogens with one attached hydrogen (secondary N) is 1. The minimum Gasteiger partial charge on any atom is -0.366 e. The normalized spacial score (nSPS) is 16.7. The van der Waals surface area contributed by atoms with E-state index in [1.165, 1.54) is 0 Å². The molecule has 6 nitrogen and oxygen atoms in total. The zero-order valence-electron chi connectivity index (χ0n) is 13.4. The molecule has 3 rings (SSSR count). The van der Waals surface area contributed by atoms with Crippen molar-refractivity contribution in [3.8, 4) is 0 Å². The van der Waals surface area contributed by atoms with Crippen LogP contribution < -0.4 is 11.1 Å². The first kappa shape index (κ1) is 16.9. The van der Waals surface area contributed by atoms with Gasteiger partial charge in [0.2, 0.25) is 17.0 Å². The van der Waals surface area contributed by atoms with Gasteiger partial charge in [-0.1, -0.05) is 48.5 Å². The van der Waals surface area contributed by atoms with E-state index in [0.29, 0.717) is 27.4 Å². The third kappa shape index (κ3) is 3.01. The summed E-state index contributed by atoms with van der Waals surface area (Å²) in [5.74, 6) is 1.00. The number of nitrogens with two attached hydrogens (primary N) is 1. The Balaban J connectivity index is 2.14. The molecule has 2 aromatic rings. The van der Waals surface area contributed by atoms with Crippen LogP contribution in [-0.4, -0.2) is 26.4 Å². The molecular weight excluding hydrogens is 346 g/mol. The van der Waals surface area contributed by atoms with Crippen LogP contribution >= 0.6 is 23.4 Å². The van der Waals surface area contributed by atoms with Crippen molar-refractivity contribution in [1.29, 1.82) is 0 Å². The highest BCUT2D eigenvalue weighted by Crippen LogP contribution is 2.38. The summed E-state index contributed by atoms with van der Waals surface area (Å²) in [4.78, 5) is 16.6. The van der Waals surface area contributed by atoms with Gasteiger partial charge in [-0.05, 0) is 19.4 Å². The molecule has 126 valence electrons. The number of aromatic nitrogens is 3. The number of rotatable bonds is 5. The van der Waals surface area contributed by atoms with E-state index >= 15 is 0 Å². The molecule has 0 fully saturated rings. The summed E-state index contributed by atoms with van der Waals surface area (Å²) in [5.41, 5.74) is 7.51. The summed E-state index contributed by atoms with van der Waals surface area (Å²) in [6, 6.07) is 6.89. The highest BCUT2D eigenvalue weighted by molar-refractivity contribution is 7.99. The molecule has 0 saturated carbocycles. The van der Waals surface area contributed by atoms with Crippen LogP contribution in [0.1, 0.15) is 31.9 Å². The Hall–Kier alpha value is -1.99. The van der Waals surface area contributed by atoms with Crippen molar-refractivity contribution in [2.45, 2.75) is 31.5 Å². The van der Waals surface area contributed by atoms with E-state index in [0.717, 1.165) is 17.7 Å². The fourth-order valence-corrected chi connectivity index (χ4v) is 3.61. The number of amides is 1. The number of nitrogens with zero attached hydrogens (tertiary/aromatic N) is 3. The van der Waals surface area contributed by atoms with Gasteiger partial charge in [0.1, 0.15) is 6.04 Å².